The standard InChI is InChI=1S/C26H31FN4O5S/c1-26(2,3)37(33,34)29-25(32)22-14-28-24-9-7-18(15-31(22)24)30-11-4-5-21(30)20-13-17(27)6-8-23(20)36-19-10-12-35-16-19/h6-9,13-15,19,21H,4-5,10-12,16H2,1-3H3,(H,29,32)/t19-,21?/m1/s1. The number of hydrogen-bond donors (Lipinski definition) is 1. The highest BCUT2D eigenvalue weighted by Gasteiger charge is 2.33. The van der Waals surface area contributed by atoms with Gasteiger partial charge in [-0.05, 0) is 63.9 Å². The van der Waals surface area contributed by atoms with Crippen molar-refractivity contribution in [2.45, 2.75) is 56.9 Å². The second-order valence-corrected chi connectivity index (χ2v) is 12.9. The molecule has 2 saturated heterocycles. The quantitative estimate of drug-likeness (QED) is 0.517. The maximum atomic E-state index is 14.4. The Morgan fingerprint density at radius 1 is 1.22 bits per heavy atom. The number of nitrogens with one attached hydrogen (secondary N) is 1. The number of nitrogens with zero attached hydrogens (tertiary/aromatic N) is 3. The monoisotopic (exact) mass is 530 g/mol. The molecule has 2 aliphatic heterocycles. The number of aromatic nitrogens is 2. The molecule has 1 aromatic carbocycles. The number of anilines is 1. The van der Waals surface area contributed by atoms with Gasteiger partial charge in [0.25, 0.3) is 5.91 Å². The lowest BCUT2D eigenvalue weighted by molar-refractivity contribution is 0.0975. The number of carbonyl (C=O) groups excluding carboxylic acids is 1. The van der Waals surface area contributed by atoms with Crippen LogP contribution < -0.4 is 14.4 Å². The second-order valence-electron chi connectivity index (χ2n) is 10.4. The van der Waals surface area contributed by atoms with Gasteiger partial charge in [-0.25, -0.2) is 22.5 Å². The number of pyridine rings is 1. The highest BCUT2D eigenvalue weighted by molar-refractivity contribution is 7.91. The smallest absolute Gasteiger partial charge is 0.283 e. The largest absolute Gasteiger partial charge is 0.488 e. The van der Waals surface area contributed by atoms with Crippen molar-refractivity contribution in [1.29, 1.82) is 0 Å². The van der Waals surface area contributed by atoms with Crippen LogP contribution in [0.1, 0.15) is 62.1 Å². The van der Waals surface area contributed by atoms with Crippen LogP contribution in [-0.2, 0) is 14.8 Å². The van der Waals surface area contributed by atoms with E-state index in [9.17, 15) is 17.6 Å². The molecule has 0 saturated carbocycles. The van der Waals surface area contributed by atoms with Crippen molar-refractivity contribution in [2.24, 2.45) is 0 Å². The molecule has 0 aliphatic carbocycles. The van der Waals surface area contributed by atoms with Crippen LogP contribution in [0.3, 0.4) is 0 Å². The predicted octanol–water partition coefficient (Wildman–Crippen LogP) is 3.84. The lowest BCUT2D eigenvalue weighted by Crippen LogP contribution is -2.42. The third-order valence-electron chi connectivity index (χ3n) is 6.85. The van der Waals surface area contributed by atoms with Crippen LogP contribution >= 0.6 is 0 Å². The van der Waals surface area contributed by atoms with Crippen molar-refractivity contribution in [1.82, 2.24) is 14.1 Å². The van der Waals surface area contributed by atoms with Crippen LogP contribution in [0.2, 0.25) is 0 Å². The Morgan fingerprint density at radius 2 is 2.03 bits per heavy atom. The van der Waals surface area contributed by atoms with Gasteiger partial charge in [0.05, 0.1) is 35.9 Å². The van der Waals surface area contributed by atoms with Crippen LogP contribution in [0.15, 0.2) is 42.7 Å². The van der Waals surface area contributed by atoms with Gasteiger partial charge in [0.15, 0.2) is 0 Å². The van der Waals surface area contributed by atoms with E-state index in [2.05, 4.69) is 14.6 Å². The van der Waals surface area contributed by atoms with Gasteiger partial charge in [0.2, 0.25) is 10.0 Å². The molecule has 2 aromatic heterocycles. The van der Waals surface area contributed by atoms with E-state index in [1.165, 1.54) is 39.1 Å². The maximum Gasteiger partial charge on any atom is 0.283 e. The average Bonchev–Trinajstić information content (AvgIpc) is 3.59. The zero-order valence-corrected chi connectivity index (χ0v) is 21.9. The summed E-state index contributed by atoms with van der Waals surface area (Å²) in [4.78, 5) is 19.3. The van der Waals surface area contributed by atoms with Crippen molar-refractivity contribution in [2.75, 3.05) is 24.7 Å². The lowest BCUT2D eigenvalue weighted by Gasteiger charge is -2.29. The fourth-order valence-electron chi connectivity index (χ4n) is 4.71. The lowest BCUT2D eigenvalue weighted by atomic mass is 10.0. The molecule has 4 heterocycles. The van der Waals surface area contributed by atoms with Crippen molar-refractivity contribution < 1.29 is 27.1 Å². The van der Waals surface area contributed by atoms with Crippen LogP contribution in [0, 0.1) is 5.82 Å². The first-order valence-corrected chi connectivity index (χ1v) is 13.9. The normalized spacial score (nSPS) is 20.5. The molecule has 0 bridgehead atoms. The van der Waals surface area contributed by atoms with Gasteiger partial charge in [-0.1, -0.05) is 0 Å². The van der Waals surface area contributed by atoms with Gasteiger partial charge < -0.3 is 14.4 Å². The molecule has 2 atom stereocenters. The van der Waals surface area contributed by atoms with Crippen LogP contribution in [-0.4, -0.2) is 54.3 Å². The van der Waals surface area contributed by atoms with E-state index in [-0.39, 0.29) is 23.7 Å². The fraction of sp³-hybridized carbons (Fsp3) is 0.462. The summed E-state index contributed by atoms with van der Waals surface area (Å²) < 4.78 is 53.6. The molecule has 2 aliphatic rings. The predicted molar refractivity (Wildman–Crippen MR) is 137 cm³/mol. The van der Waals surface area contributed by atoms with Gasteiger partial charge in [0.1, 0.15) is 29.0 Å². The molecule has 3 aromatic rings. The van der Waals surface area contributed by atoms with E-state index < -0.39 is 20.7 Å². The topological polar surface area (TPSA) is 102 Å². The number of fused-ring (bicyclic) bond motifs is 1. The van der Waals surface area contributed by atoms with E-state index in [1.807, 2.05) is 6.07 Å². The maximum absolute atomic E-state index is 14.4. The number of halogens is 1. The number of ether oxygens (including phenoxy) is 2. The van der Waals surface area contributed by atoms with Gasteiger partial charge in [-0.2, -0.15) is 0 Å². The number of amides is 1. The van der Waals surface area contributed by atoms with Crippen LogP contribution in [0.5, 0.6) is 5.75 Å². The summed E-state index contributed by atoms with van der Waals surface area (Å²) in [7, 11) is -3.89. The summed E-state index contributed by atoms with van der Waals surface area (Å²) in [5.74, 6) is -0.442. The minimum Gasteiger partial charge on any atom is -0.488 e. The molecule has 9 nitrogen and oxygen atoms in total. The molecule has 0 radical (unpaired) electrons. The summed E-state index contributed by atoms with van der Waals surface area (Å²) in [6.07, 6.45) is 5.55. The summed E-state index contributed by atoms with van der Waals surface area (Å²) in [5.41, 5.74) is 2.19. The van der Waals surface area contributed by atoms with Crippen molar-refractivity contribution in [3.8, 4) is 5.75 Å². The Balaban J connectivity index is 1.46. The van der Waals surface area contributed by atoms with Gasteiger partial charge in [-0.15, -0.1) is 0 Å². The van der Waals surface area contributed by atoms with Gasteiger partial charge in [0, 0.05) is 24.7 Å². The number of benzene rings is 1. The molecule has 1 unspecified atom stereocenters. The Hall–Kier alpha value is -3.18. The highest BCUT2D eigenvalue weighted by atomic mass is 32.2. The first kappa shape index (κ1) is 25.5. The van der Waals surface area contributed by atoms with E-state index in [4.69, 9.17) is 9.47 Å². The van der Waals surface area contributed by atoms with Gasteiger partial charge in [-0.3, -0.25) is 9.20 Å². The van der Waals surface area contributed by atoms with E-state index >= 15 is 0 Å². The third kappa shape index (κ3) is 5.02. The minimum atomic E-state index is -3.89. The molecule has 1 amide bonds. The highest BCUT2D eigenvalue weighted by Crippen LogP contribution is 2.41. The van der Waals surface area contributed by atoms with E-state index in [0.717, 1.165) is 37.1 Å². The molecule has 0 spiro atoms. The van der Waals surface area contributed by atoms with Crippen molar-refractivity contribution in [3.05, 3.63) is 59.8 Å². The number of imidazole rings is 1. The number of sulfonamides is 1. The molecule has 1 N–H and O–H groups in total. The molecule has 5 rings (SSSR count). The SMILES string of the molecule is CC(C)(C)S(=O)(=O)NC(=O)c1cnc2ccc(N3CCCC3c3cc(F)ccc3O[C@@H]3CCOC3)cn12. The average molecular weight is 531 g/mol. The Bertz CT molecular complexity index is 1430. The number of carbonyl (C=O) groups is 1. The van der Waals surface area contributed by atoms with Gasteiger partial charge >= 0.3 is 0 Å². The first-order valence-electron chi connectivity index (χ1n) is 12.4. The first-order chi connectivity index (χ1) is 17.5. The van der Waals surface area contributed by atoms with Crippen LogP contribution in [0.4, 0.5) is 10.1 Å². The molecule has 198 valence electrons. The second kappa shape index (κ2) is 9.60. The number of rotatable bonds is 6. The third-order valence-corrected chi connectivity index (χ3v) is 8.92. The van der Waals surface area contributed by atoms with Crippen molar-refractivity contribution in [3.63, 3.8) is 0 Å². The molecule has 11 heteroatoms. The molecular formula is C26H31FN4O5S. The zero-order valence-electron chi connectivity index (χ0n) is 21.1. The number of hydrogen-bond acceptors (Lipinski definition) is 7. The summed E-state index contributed by atoms with van der Waals surface area (Å²) in [6, 6.07) is 8.16. The Morgan fingerprint density at radius 3 is 2.76 bits per heavy atom. The molecule has 2 fully saturated rings. The summed E-state index contributed by atoms with van der Waals surface area (Å²) in [5, 5.41) is 0. The summed E-state index contributed by atoms with van der Waals surface area (Å²) in [6.45, 7) is 6.45. The fourth-order valence-corrected chi connectivity index (χ4v) is 5.36. The zero-order chi connectivity index (χ0) is 26.4. The van der Waals surface area contributed by atoms with Crippen LogP contribution in [0.25, 0.3) is 5.65 Å². The van der Waals surface area contributed by atoms with Crippen molar-refractivity contribution >= 4 is 27.3 Å². The minimum absolute atomic E-state index is 0.0631. The van der Waals surface area contributed by atoms with E-state index in [1.54, 1.807) is 22.7 Å². The Labute approximate surface area is 215 Å². The summed E-state index contributed by atoms with van der Waals surface area (Å²) >= 11 is 0. The molecular weight excluding hydrogens is 499 g/mol. The van der Waals surface area contributed by atoms with E-state index in [0.29, 0.717) is 24.6 Å². The molecule has 37 heavy (non-hydrogen) atoms. The Kier molecular flexibility index (Phi) is 6.61.